The number of carbonyl (C=O) groups excluding carboxylic acids is 2. The molecular formula is C13H17NO6S. The Kier molecular flexibility index (Phi) is 5.83. The average molecular weight is 315 g/mol. The van der Waals surface area contributed by atoms with E-state index in [2.05, 4.69) is 4.98 Å². The van der Waals surface area contributed by atoms with Crippen LogP contribution in [0.25, 0.3) is 0 Å². The van der Waals surface area contributed by atoms with E-state index in [9.17, 15) is 18.0 Å². The average Bonchev–Trinajstić information content (AvgIpc) is 2.39. The fourth-order valence-electron chi connectivity index (χ4n) is 1.70. The molecule has 7 nitrogen and oxygen atoms in total. The first-order chi connectivity index (χ1) is 9.82. The van der Waals surface area contributed by atoms with Crippen molar-refractivity contribution in [3.05, 3.63) is 24.0 Å². The number of aromatic nitrogens is 1. The zero-order chi connectivity index (χ0) is 16.0. The number of carbonyl (C=O) groups is 2. The summed E-state index contributed by atoms with van der Waals surface area (Å²) in [5.74, 6) is -3.30. The summed E-state index contributed by atoms with van der Waals surface area (Å²) in [7, 11) is -3.65. The molecule has 0 spiro atoms. The summed E-state index contributed by atoms with van der Waals surface area (Å²) < 4.78 is 33.2. The number of hydrogen-bond donors (Lipinski definition) is 0. The molecule has 0 saturated carbocycles. The molecule has 0 N–H and O–H groups in total. The van der Waals surface area contributed by atoms with Crippen LogP contribution in [0.2, 0.25) is 0 Å². The van der Waals surface area contributed by atoms with Crippen molar-refractivity contribution in [2.75, 3.05) is 19.5 Å². The van der Waals surface area contributed by atoms with E-state index < -0.39 is 27.7 Å². The molecule has 1 aromatic heterocycles. The molecule has 0 bridgehead atoms. The van der Waals surface area contributed by atoms with Gasteiger partial charge < -0.3 is 9.47 Å². The van der Waals surface area contributed by atoms with Crippen LogP contribution in [-0.4, -0.2) is 44.8 Å². The molecule has 0 saturated heterocycles. The standard InChI is InChI=1S/C13H17NO6S/c1-4-19-12(15)10(13(16)20-5-2)11-9(21(3,17)18)7-6-8-14-11/h6-8,10H,4-5H2,1-3H3. The van der Waals surface area contributed by atoms with Gasteiger partial charge in [-0.05, 0) is 26.0 Å². The molecule has 8 heteroatoms. The largest absolute Gasteiger partial charge is 0.465 e. The van der Waals surface area contributed by atoms with Crippen LogP contribution in [0.1, 0.15) is 25.5 Å². The molecule has 116 valence electrons. The van der Waals surface area contributed by atoms with Crippen LogP contribution in [0.3, 0.4) is 0 Å². The van der Waals surface area contributed by atoms with E-state index in [4.69, 9.17) is 9.47 Å². The second kappa shape index (κ2) is 7.16. The Morgan fingerprint density at radius 2 is 1.71 bits per heavy atom. The summed E-state index contributed by atoms with van der Waals surface area (Å²) in [6.07, 6.45) is 2.27. The zero-order valence-corrected chi connectivity index (χ0v) is 12.8. The van der Waals surface area contributed by atoms with Crippen molar-refractivity contribution in [1.82, 2.24) is 4.98 Å². The van der Waals surface area contributed by atoms with Crippen molar-refractivity contribution in [3.63, 3.8) is 0 Å². The number of ether oxygens (including phenoxy) is 2. The van der Waals surface area contributed by atoms with Gasteiger partial charge in [-0.1, -0.05) is 0 Å². The molecule has 0 aliphatic rings. The number of hydrogen-bond acceptors (Lipinski definition) is 7. The third-order valence-electron chi connectivity index (χ3n) is 2.52. The first-order valence-corrected chi connectivity index (χ1v) is 8.20. The Morgan fingerprint density at radius 1 is 1.19 bits per heavy atom. The van der Waals surface area contributed by atoms with Crippen molar-refractivity contribution < 1.29 is 27.5 Å². The molecule has 0 amide bonds. The topological polar surface area (TPSA) is 99.6 Å². The van der Waals surface area contributed by atoms with E-state index >= 15 is 0 Å². The molecule has 1 aromatic rings. The molecule has 0 atom stereocenters. The molecule has 0 fully saturated rings. The van der Waals surface area contributed by atoms with Crippen molar-refractivity contribution in [3.8, 4) is 0 Å². The second-order valence-electron chi connectivity index (χ2n) is 4.10. The lowest BCUT2D eigenvalue weighted by molar-refractivity contribution is -0.157. The molecule has 0 aromatic carbocycles. The third-order valence-corrected chi connectivity index (χ3v) is 3.66. The van der Waals surface area contributed by atoms with Gasteiger partial charge in [0, 0.05) is 12.5 Å². The number of sulfone groups is 1. The van der Waals surface area contributed by atoms with Crippen molar-refractivity contribution in [2.45, 2.75) is 24.7 Å². The van der Waals surface area contributed by atoms with Crippen LogP contribution in [0.4, 0.5) is 0 Å². The van der Waals surface area contributed by atoms with Gasteiger partial charge in [-0.25, -0.2) is 8.42 Å². The Balaban J connectivity index is 3.40. The van der Waals surface area contributed by atoms with E-state index in [1.54, 1.807) is 13.8 Å². The zero-order valence-electron chi connectivity index (χ0n) is 12.0. The monoisotopic (exact) mass is 315 g/mol. The van der Waals surface area contributed by atoms with Gasteiger partial charge in [0.25, 0.3) is 0 Å². The maximum absolute atomic E-state index is 12.0. The number of nitrogens with zero attached hydrogens (tertiary/aromatic N) is 1. The molecular weight excluding hydrogens is 298 g/mol. The van der Waals surface area contributed by atoms with E-state index in [-0.39, 0.29) is 23.8 Å². The highest BCUT2D eigenvalue weighted by Crippen LogP contribution is 2.24. The summed E-state index contributed by atoms with van der Waals surface area (Å²) >= 11 is 0. The quantitative estimate of drug-likeness (QED) is 0.562. The number of esters is 2. The minimum Gasteiger partial charge on any atom is -0.465 e. The highest BCUT2D eigenvalue weighted by atomic mass is 32.2. The van der Waals surface area contributed by atoms with Gasteiger partial charge in [-0.15, -0.1) is 0 Å². The molecule has 0 unspecified atom stereocenters. The van der Waals surface area contributed by atoms with Gasteiger partial charge >= 0.3 is 11.9 Å². The van der Waals surface area contributed by atoms with E-state index in [0.717, 1.165) is 6.26 Å². The third kappa shape index (κ3) is 4.25. The van der Waals surface area contributed by atoms with Crippen molar-refractivity contribution in [2.24, 2.45) is 0 Å². The molecule has 0 aliphatic carbocycles. The maximum Gasteiger partial charge on any atom is 0.326 e. The maximum atomic E-state index is 12.0. The van der Waals surface area contributed by atoms with E-state index in [1.165, 1.54) is 18.3 Å². The molecule has 21 heavy (non-hydrogen) atoms. The fraction of sp³-hybridized carbons (Fsp3) is 0.462. The lowest BCUT2D eigenvalue weighted by atomic mass is 10.1. The number of pyridine rings is 1. The van der Waals surface area contributed by atoms with Gasteiger partial charge in [-0.3, -0.25) is 14.6 Å². The van der Waals surface area contributed by atoms with Gasteiger partial charge in [0.15, 0.2) is 15.8 Å². The number of rotatable bonds is 6. The van der Waals surface area contributed by atoms with Gasteiger partial charge in [0.05, 0.1) is 23.8 Å². The van der Waals surface area contributed by atoms with E-state index in [0.29, 0.717) is 0 Å². The Bertz CT molecular complexity index is 607. The predicted octanol–water partition coefficient (Wildman–Crippen LogP) is 0.695. The summed E-state index contributed by atoms with van der Waals surface area (Å²) in [6.45, 7) is 3.26. The summed E-state index contributed by atoms with van der Waals surface area (Å²) in [5, 5.41) is 0. The normalized spacial score (nSPS) is 11.2. The minimum absolute atomic E-state index is 0.0514. The van der Waals surface area contributed by atoms with Crippen molar-refractivity contribution >= 4 is 21.8 Å². The Hall–Kier alpha value is -1.96. The van der Waals surface area contributed by atoms with Gasteiger partial charge in [-0.2, -0.15) is 0 Å². The molecule has 0 radical (unpaired) electrons. The SMILES string of the molecule is CCOC(=O)C(C(=O)OCC)c1ncccc1S(C)(=O)=O. The van der Waals surface area contributed by atoms with Crippen LogP contribution >= 0.6 is 0 Å². The molecule has 1 heterocycles. The highest BCUT2D eigenvalue weighted by molar-refractivity contribution is 7.90. The van der Waals surface area contributed by atoms with Gasteiger partial charge in [0.1, 0.15) is 0 Å². The second-order valence-corrected chi connectivity index (χ2v) is 6.08. The summed E-state index contributed by atoms with van der Waals surface area (Å²) in [4.78, 5) is 27.6. The van der Waals surface area contributed by atoms with Crippen molar-refractivity contribution in [1.29, 1.82) is 0 Å². The molecule has 1 rings (SSSR count). The first-order valence-electron chi connectivity index (χ1n) is 6.31. The Morgan fingerprint density at radius 3 is 2.14 bits per heavy atom. The predicted molar refractivity (Wildman–Crippen MR) is 73.4 cm³/mol. The lowest BCUT2D eigenvalue weighted by Crippen LogP contribution is -2.28. The molecule has 0 aliphatic heterocycles. The minimum atomic E-state index is -3.65. The van der Waals surface area contributed by atoms with Crippen LogP contribution in [0, 0.1) is 0 Å². The first kappa shape index (κ1) is 17.1. The van der Waals surface area contributed by atoms with Crippen LogP contribution in [0.15, 0.2) is 23.2 Å². The highest BCUT2D eigenvalue weighted by Gasteiger charge is 2.36. The summed E-state index contributed by atoms with van der Waals surface area (Å²) in [5.41, 5.74) is -0.183. The van der Waals surface area contributed by atoms with Crippen LogP contribution in [-0.2, 0) is 28.9 Å². The smallest absolute Gasteiger partial charge is 0.326 e. The lowest BCUT2D eigenvalue weighted by Gasteiger charge is -2.16. The van der Waals surface area contributed by atoms with Crippen LogP contribution < -0.4 is 0 Å². The van der Waals surface area contributed by atoms with Gasteiger partial charge in [0.2, 0.25) is 0 Å². The Labute approximate surface area is 123 Å². The fourth-order valence-corrected chi connectivity index (χ4v) is 2.58. The van der Waals surface area contributed by atoms with Crippen LogP contribution in [0.5, 0.6) is 0 Å². The summed E-state index contributed by atoms with van der Waals surface area (Å²) in [6, 6.07) is 2.69. The van der Waals surface area contributed by atoms with E-state index in [1.807, 2.05) is 0 Å².